The van der Waals surface area contributed by atoms with E-state index in [-0.39, 0.29) is 12.4 Å². The first-order valence-corrected chi connectivity index (χ1v) is 14.4. The molecule has 2 aliphatic rings. The number of carbonyl (C=O) groups excluding carboxylic acids is 1. The maximum Gasteiger partial charge on any atom is 0.314 e. The highest BCUT2D eigenvalue weighted by Gasteiger charge is 2.26. The molecule has 1 amide bonds. The van der Waals surface area contributed by atoms with Gasteiger partial charge in [-0.2, -0.15) is 8.78 Å². The average molecular weight is 610 g/mol. The molecule has 4 aromatic rings. The van der Waals surface area contributed by atoms with E-state index in [1.807, 2.05) is 0 Å². The molecule has 0 bridgehead atoms. The van der Waals surface area contributed by atoms with Gasteiger partial charge < -0.3 is 19.0 Å². The van der Waals surface area contributed by atoms with Crippen LogP contribution in [0, 0.1) is 5.82 Å². The van der Waals surface area contributed by atoms with Crippen molar-refractivity contribution in [1.82, 2.24) is 25.1 Å². The predicted molar refractivity (Wildman–Crippen MR) is 159 cm³/mol. The summed E-state index contributed by atoms with van der Waals surface area (Å²) in [6, 6.07) is 10.4. The number of hydrogen-bond acceptors (Lipinski definition) is 9. The number of pyridine rings is 2. The minimum absolute atomic E-state index is 0.0635. The number of alkyl halides is 2. The number of nitrogens with zero attached hydrogens (tertiary/aromatic N) is 7. The maximum absolute atomic E-state index is 15.0. The lowest BCUT2D eigenvalue weighted by molar-refractivity contribution is -0.107. The topological polar surface area (TPSA) is 101 Å². The number of ether oxygens (including phenoxy) is 1. The molecule has 0 N–H and O–H groups in total. The molecule has 3 aromatic heterocycles. The van der Waals surface area contributed by atoms with Gasteiger partial charge in [-0.05, 0) is 67.9 Å². The molecule has 2 saturated heterocycles. The highest BCUT2D eigenvalue weighted by molar-refractivity contribution is 5.87. The van der Waals surface area contributed by atoms with Gasteiger partial charge in [0.25, 0.3) is 5.89 Å². The molecule has 1 aromatic carbocycles. The Kier molecular flexibility index (Phi) is 10.2. The third-order valence-corrected chi connectivity index (χ3v) is 7.63. The van der Waals surface area contributed by atoms with Crippen LogP contribution in [-0.2, 0) is 16.1 Å². The number of aromatic nitrogens is 4. The van der Waals surface area contributed by atoms with E-state index in [1.54, 1.807) is 61.7 Å². The van der Waals surface area contributed by atoms with E-state index in [2.05, 4.69) is 25.1 Å². The summed E-state index contributed by atoms with van der Waals surface area (Å²) in [5.41, 5.74) is 2.96. The van der Waals surface area contributed by atoms with Gasteiger partial charge >= 0.3 is 6.43 Å². The Hall–Kier alpha value is -4.36. The van der Waals surface area contributed by atoms with Crippen molar-refractivity contribution in [2.24, 2.45) is 0 Å². The fraction of sp³-hybridized carbons (Fsp3) is 0.387. The lowest BCUT2D eigenvalue weighted by Gasteiger charge is -2.39. The summed E-state index contributed by atoms with van der Waals surface area (Å²) >= 11 is 0. The zero-order valence-corrected chi connectivity index (χ0v) is 24.6. The van der Waals surface area contributed by atoms with Crippen LogP contribution in [0.2, 0.25) is 0 Å². The van der Waals surface area contributed by atoms with Crippen molar-refractivity contribution >= 4 is 17.8 Å². The number of piperidine rings is 1. The second-order valence-corrected chi connectivity index (χ2v) is 10.7. The van der Waals surface area contributed by atoms with Crippen molar-refractivity contribution in [2.75, 3.05) is 50.2 Å². The highest BCUT2D eigenvalue weighted by Crippen LogP contribution is 2.36. The first-order chi connectivity index (χ1) is 21.3. The van der Waals surface area contributed by atoms with Crippen molar-refractivity contribution < 1.29 is 27.1 Å². The van der Waals surface area contributed by atoms with E-state index in [0.717, 1.165) is 19.3 Å². The highest BCUT2D eigenvalue weighted by atomic mass is 19.3. The van der Waals surface area contributed by atoms with Crippen molar-refractivity contribution in [3.63, 3.8) is 0 Å². The van der Waals surface area contributed by atoms with Gasteiger partial charge in [-0.15, -0.1) is 10.2 Å². The van der Waals surface area contributed by atoms with E-state index < -0.39 is 18.1 Å². The van der Waals surface area contributed by atoms with Crippen LogP contribution < -0.4 is 9.80 Å². The summed E-state index contributed by atoms with van der Waals surface area (Å²) in [4.78, 5) is 25.5. The standard InChI is InChI=1S/C23H19F3N6O2.C8H15NO/c1-31(12-16-4-3-15(11-28-16)22-29-30-23(34-22)21(25)26)20-10-18(24)17(9-19(20)32(2)13-33)14-5-7-27-8-6-14;1-2-4-9(5-3-1)8-6-10-7-8/h3-11,13,21H,12H2,1-2H3;8H,1-7H2. The van der Waals surface area contributed by atoms with Crippen molar-refractivity contribution in [1.29, 1.82) is 0 Å². The van der Waals surface area contributed by atoms with Gasteiger partial charge in [0.05, 0.1) is 48.4 Å². The van der Waals surface area contributed by atoms with Gasteiger partial charge in [0.15, 0.2) is 0 Å². The first kappa shape index (κ1) is 31.1. The van der Waals surface area contributed by atoms with Crippen molar-refractivity contribution in [3.8, 4) is 22.6 Å². The fourth-order valence-electron chi connectivity index (χ4n) is 5.08. The van der Waals surface area contributed by atoms with Crippen LogP contribution in [0.15, 0.2) is 59.4 Å². The average Bonchev–Trinajstić information content (AvgIpc) is 3.52. The third kappa shape index (κ3) is 7.40. The van der Waals surface area contributed by atoms with Crippen LogP contribution in [0.25, 0.3) is 22.6 Å². The maximum atomic E-state index is 15.0. The zero-order chi connectivity index (χ0) is 31.1. The molecule has 232 valence electrons. The summed E-state index contributed by atoms with van der Waals surface area (Å²) < 4.78 is 50.4. The summed E-state index contributed by atoms with van der Waals surface area (Å²) in [5.74, 6) is -1.28. The molecule has 2 aliphatic heterocycles. The molecule has 0 saturated carbocycles. The smallest absolute Gasteiger partial charge is 0.314 e. The van der Waals surface area contributed by atoms with Gasteiger partial charge in [-0.25, -0.2) is 4.39 Å². The monoisotopic (exact) mass is 609 g/mol. The quantitative estimate of drug-likeness (QED) is 0.232. The number of benzene rings is 1. The Morgan fingerprint density at radius 2 is 1.75 bits per heavy atom. The van der Waals surface area contributed by atoms with Gasteiger partial charge in [0, 0.05) is 38.2 Å². The molecule has 2 fully saturated rings. The lowest BCUT2D eigenvalue weighted by Crippen LogP contribution is -2.50. The van der Waals surface area contributed by atoms with E-state index in [4.69, 9.17) is 9.15 Å². The second-order valence-electron chi connectivity index (χ2n) is 10.7. The molecule has 0 spiro atoms. The molecule has 5 heterocycles. The van der Waals surface area contributed by atoms with Crippen LogP contribution >= 0.6 is 0 Å². The molecule has 6 rings (SSSR count). The molecule has 44 heavy (non-hydrogen) atoms. The Bertz CT molecular complexity index is 1510. The summed E-state index contributed by atoms with van der Waals surface area (Å²) in [6.07, 6.45) is 6.58. The lowest BCUT2D eigenvalue weighted by atomic mass is 10.0. The molecule has 0 radical (unpaired) electrons. The molecular formula is C31H34F3N7O3. The number of carbonyl (C=O) groups is 1. The summed E-state index contributed by atoms with van der Waals surface area (Å²) in [5, 5.41) is 6.90. The van der Waals surface area contributed by atoms with E-state index >= 15 is 4.39 Å². The number of anilines is 2. The van der Waals surface area contributed by atoms with Crippen LogP contribution in [0.3, 0.4) is 0 Å². The molecule has 0 unspecified atom stereocenters. The molecule has 0 atom stereocenters. The molecular weight excluding hydrogens is 575 g/mol. The van der Waals surface area contributed by atoms with E-state index in [0.29, 0.717) is 40.2 Å². The Balaban J connectivity index is 0.000000322. The Morgan fingerprint density at radius 3 is 2.34 bits per heavy atom. The first-order valence-electron chi connectivity index (χ1n) is 14.4. The number of halogens is 3. The Labute approximate surface area is 253 Å². The van der Waals surface area contributed by atoms with Gasteiger partial charge in [0.2, 0.25) is 12.3 Å². The molecule has 0 aliphatic carbocycles. The van der Waals surface area contributed by atoms with Crippen LogP contribution in [0.5, 0.6) is 0 Å². The Morgan fingerprint density at radius 1 is 1.00 bits per heavy atom. The van der Waals surface area contributed by atoms with Gasteiger partial charge in [-0.1, -0.05) is 6.42 Å². The van der Waals surface area contributed by atoms with Crippen molar-refractivity contribution in [3.05, 3.63) is 72.4 Å². The summed E-state index contributed by atoms with van der Waals surface area (Å²) in [7, 11) is 3.32. The fourth-order valence-corrected chi connectivity index (χ4v) is 5.08. The molecule has 13 heteroatoms. The van der Waals surface area contributed by atoms with Gasteiger partial charge in [0.1, 0.15) is 5.82 Å². The second kappa shape index (κ2) is 14.4. The van der Waals surface area contributed by atoms with E-state index in [1.165, 1.54) is 49.5 Å². The molecule has 10 nitrogen and oxygen atoms in total. The number of likely N-dealkylation sites (tertiary alicyclic amines) is 1. The third-order valence-electron chi connectivity index (χ3n) is 7.63. The van der Waals surface area contributed by atoms with Crippen LogP contribution in [0.1, 0.15) is 37.3 Å². The number of rotatable bonds is 9. The van der Waals surface area contributed by atoms with Crippen LogP contribution in [0.4, 0.5) is 24.5 Å². The summed E-state index contributed by atoms with van der Waals surface area (Å²) in [6.45, 7) is 4.88. The SMILES string of the molecule is C1CCN(C2COC2)CC1.CN(C=O)c1cc(-c2ccncc2)c(F)cc1N(C)Cc1ccc(-c2nnc(C(F)F)o2)cn1. The number of amides is 1. The minimum Gasteiger partial charge on any atom is -0.415 e. The normalized spacial score (nSPS) is 15.3. The largest absolute Gasteiger partial charge is 0.415 e. The van der Waals surface area contributed by atoms with Crippen molar-refractivity contribution in [2.45, 2.75) is 38.3 Å². The number of hydrogen-bond donors (Lipinski definition) is 0. The minimum atomic E-state index is -2.86. The van der Waals surface area contributed by atoms with Gasteiger partial charge in [-0.3, -0.25) is 19.7 Å². The van der Waals surface area contributed by atoms with Crippen LogP contribution in [-0.4, -0.2) is 77.9 Å². The van der Waals surface area contributed by atoms with E-state index in [9.17, 15) is 13.6 Å². The zero-order valence-electron chi connectivity index (χ0n) is 24.6. The predicted octanol–water partition coefficient (Wildman–Crippen LogP) is 5.37.